The number of fused-ring (bicyclic) bond motifs is 1. The van der Waals surface area contributed by atoms with Crippen LogP contribution in [0.3, 0.4) is 0 Å². The summed E-state index contributed by atoms with van der Waals surface area (Å²) in [5.41, 5.74) is 10.1. The predicted molar refractivity (Wildman–Crippen MR) is 113 cm³/mol. The Labute approximate surface area is 164 Å². The van der Waals surface area contributed by atoms with Crippen LogP contribution >= 0.6 is 0 Å². The zero-order chi connectivity index (χ0) is 19.7. The smallest absolute Gasteiger partial charge is 0.263 e. The Morgan fingerprint density at radius 1 is 1.07 bits per heavy atom. The fraction of sp³-hybridized carbons (Fsp3) is 0.217. The minimum atomic E-state index is -0.253. The monoisotopic (exact) mass is 372 g/mol. The number of aromatic nitrogens is 3. The lowest BCUT2D eigenvalue weighted by atomic mass is 9.99. The number of aryl methyl sites for hydroxylation is 3. The molecule has 142 valence electrons. The maximum absolute atomic E-state index is 13.6. The van der Waals surface area contributed by atoms with Gasteiger partial charge in [0.05, 0.1) is 11.6 Å². The lowest BCUT2D eigenvalue weighted by Crippen LogP contribution is -2.26. The van der Waals surface area contributed by atoms with Gasteiger partial charge in [-0.25, -0.2) is 0 Å². The first-order chi connectivity index (χ1) is 13.5. The van der Waals surface area contributed by atoms with Crippen LogP contribution in [0, 0.1) is 0 Å². The van der Waals surface area contributed by atoms with E-state index >= 15 is 0 Å². The predicted octanol–water partition coefficient (Wildman–Crippen LogP) is 3.53. The van der Waals surface area contributed by atoms with Gasteiger partial charge in [-0.05, 0) is 54.5 Å². The molecule has 1 atom stereocenters. The summed E-state index contributed by atoms with van der Waals surface area (Å²) in [7, 11) is 1.91. The molecule has 5 nitrogen and oxygen atoms in total. The molecule has 0 aliphatic rings. The van der Waals surface area contributed by atoms with Crippen molar-refractivity contribution in [3.05, 3.63) is 94.2 Å². The highest BCUT2D eigenvalue weighted by Crippen LogP contribution is 2.23. The number of hydrogen-bond acceptors (Lipinski definition) is 3. The minimum Gasteiger partial charge on any atom is -0.323 e. The SMILES string of the molecule is CC(N)c1cc2cccc(CCc3cnn(C)c3)c2c(=O)n1-c1ccccc1. The molecule has 28 heavy (non-hydrogen) atoms. The number of benzene rings is 2. The first kappa shape index (κ1) is 18.2. The number of nitrogens with zero attached hydrogens (tertiary/aromatic N) is 3. The highest BCUT2D eigenvalue weighted by atomic mass is 16.1. The standard InChI is InChI=1S/C23H24N4O/c1-16(24)21-13-19-8-6-7-18(12-11-17-14-25-26(2)15-17)22(19)23(28)27(21)20-9-4-3-5-10-20/h3-10,13-16H,11-12,24H2,1-2H3. The third kappa shape index (κ3) is 3.37. The quantitative estimate of drug-likeness (QED) is 0.583. The topological polar surface area (TPSA) is 65.8 Å². The van der Waals surface area contributed by atoms with Crippen molar-refractivity contribution in [3.8, 4) is 5.69 Å². The zero-order valence-electron chi connectivity index (χ0n) is 16.2. The van der Waals surface area contributed by atoms with E-state index in [4.69, 9.17) is 5.73 Å². The molecule has 0 spiro atoms. The van der Waals surface area contributed by atoms with Gasteiger partial charge >= 0.3 is 0 Å². The molecular formula is C23H24N4O. The van der Waals surface area contributed by atoms with Crippen molar-refractivity contribution in [2.75, 3.05) is 0 Å². The third-order valence-electron chi connectivity index (χ3n) is 5.08. The average Bonchev–Trinajstić information content (AvgIpc) is 3.11. The lowest BCUT2D eigenvalue weighted by Gasteiger charge is -2.18. The van der Waals surface area contributed by atoms with Gasteiger partial charge in [0, 0.05) is 30.7 Å². The summed E-state index contributed by atoms with van der Waals surface area (Å²) in [5.74, 6) is 0. The van der Waals surface area contributed by atoms with Crippen LogP contribution in [-0.4, -0.2) is 14.3 Å². The van der Waals surface area contributed by atoms with Crippen molar-refractivity contribution in [1.29, 1.82) is 0 Å². The second kappa shape index (κ2) is 7.44. The first-order valence-electron chi connectivity index (χ1n) is 9.50. The van der Waals surface area contributed by atoms with Crippen LogP contribution in [0.25, 0.3) is 16.5 Å². The lowest BCUT2D eigenvalue weighted by molar-refractivity contribution is 0.734. The molecule has 0 aliphatic heterocycles. The number of nitrogens with two attached hydrogens (primary N) is 1. The number of pyridine rings is 1. The van der Waals surface area contributed by atoms with Gasteiger partial charge in [0.2, 0.25) is 0 Å². The van der Waals surface area contributed by atoms with Gasteiger partial charge in [-0.3, -0.25) is 14.0 Å². The molecule has 0 bridgehead atoms. The number of hydrogen-bond donors (Lipinski definition) is 1. The maximum Gasteiger partial charge on any atom is 0.263 e. The summed E-state index contributed by atoms with van der Waals surface area (Å²) in [6.45, 7) is 1.91. The van der Waals surface area contributed by atoms with Gasteiger partial charge in [-0.1, -0.05) is 36.4 Å². The summed E-state index contributed by atoms with van der Waals surface area (Å²) < 4.78 is 3.55. The highest BCUT2D eigenvalue weighted by molar-refractivity contribution is 5.86. The number of rotatable bonds is 5. The van der Waals surface area contributed by atoms with Crippen LogP contribution in [0.15, 0.2) is 71.8 Å². The second-order valence-electron chi connectivity index (χ2n) is 7.24. The summed E-state index contributed by atoms with van der Waals surface area (Å²) in [4.78, 5) is 13.6. The van der Waals surface area contributed by atoms with E-state index < -0.39 is 0 Å². The molecular weight excluding hydrogens is 348 g/mol. The van der Waals surface area contributed by atoms with E-state index in [-0.39, 0.29) is 11.6 Å². The molecule has 2 aromatic heterocycles. The van der Waals surface area contributed by atoms with Crippen LogP contribution in [-0.2, 0) is 19.9 Å². The molecule has 0 aliphatic carbocycles. The minimum absolute atomic E-state index is 0.0159. The second-order valence-corrected chi connectivity index (χ2v) is 7.24. The van der Waals surface area contributed by atoms with E-state index in [2.05, 4.69) is 5.10 Å². The van der Waals surface area contributed by atoms with Crippen molar-refractivity contribution < 1.29 is 0 Å². The Balaban J connectivity index is 1.88. The molecule has 5 heteroatoms. The van der Waals surface area contributed by atoms with Gasteiger partial charge in [0.15, 0.2) is 0 Å². The Morgan fingerprint density at radius 3 is 2.54 bits per heavy atom. The summed E-state index contributed by atoms with van der Waals surface area (Å²) in [6.07, 6.45) is 5.51. The van der Waals surface area contributed by atoms with Gasteiger partial charge < -0.3 is 5.73 Å². The van der Waals surface area contributed by atoms with E-state index in [1.54, 1.807) is 9.25 Å². The van der Waals surface area contributed by atoms with Crippen LogP contribution in [0.1, 0.15) is 29.8 Å². The molecule has 2 N–H and O–H groups in total. The third-order valence-corrected chi connectivity index (χ3v) is 5.08. The Hall–Kier alpha value is -3.18. The van der Waals surface area contributed by atoms with E-state index in [0.717, 1.165) is 46.1 Å². The fourth-order valence-electron chi connectivity index (χ4n) is 3.72. The molecule has 0 saturated heterocycles. The van der Waals surface area contributed by atoms with Gasteiger partial charge in [0.1, 0.15) is 0 Å². The highest BCUT2D eigenvalue weighted by Gasteiger charge is 2.16. The van der Waals surface area contributed by atoms with E-state index in [1.807, 2.05) is 81.0 Å². The molecule has 0 amide bonds. The molecule has 0 radical (unpaired) electrons. The van der Waals surface area contributed by atoms with Crippen LogP contribution in [0.5, 0.6) is 0 Å². The number of para-hydroxylation sites is 1. The Kier molecular flexibility index (Phi) is 4.84. The molecule has 4 aromatic rings. The largest absolute Gasteiger partial charge is 0.323 e. The summed E-state index contributed by atoms with van der Waals surface area (Å²) in [5, 5.41) is 5.93. The van der Waals surface area contributed by atoms with Crippen LogP contribution in [0.2, 0.25) is 0 Å². The normalized spacial score (nSPS) is 12.4. The van der Waals surface area contributed by atoms with Crippen molar-refractivity contribution in [2.45, 2.75) is 25.8 Å². The average molecular weight is 372 g/mol. The van der Waals surface area contributed by atoms with Crippen molar-refractivity contribution in [1.82, 2.24) is 14.3 Å². The first-order valence-corrected chi connectivity index (χ1v) is 9.50. The van der Waals surface area contributed by atoms with Crippen molar-refractivity contribution in [3.63, 3.8) is 0 Å². The molecule has 4 rings (SSSR count). The Bertz CT molecular complexity index is 1170. The van der Waals surface area contributed by atoms with E-state index in [1.165, 1.54) is 0 Å². The summed E-state index contributed by atoms with van der Waals surface area (Å²) in [6, 6.07) is 17.5. The Morgan fingerprint density at radius 2 is 1.86 bits per heavy atom. The fourth-order valence-corrected chi connectivity index (χ4v) is 3.72. The molecule has 0 saturated carbocycles. The van der Waals surface area contributed by atoms with Crippen LogP contribution < -0.4 is 11.3 Å². The summed E-state index contributed by atoms with van der Waals surface area (Å²) >= 11 is 0. The van der Waals surface area contributed by atoms with Gasteiger partial charge in [0.25, 0.3) is 5.56 Å². The molecule has 1 unspecified atom stereocenters. The van der Waals surface area contributed by atoms with Crippen molar-refractivity contribution in [2.24, 2.45) is 12.8 Å². The zero-order valence-corrected chi connectivity index (χ0v) is 16.2. The molecule has 2 heterocycles. The molecule has 0 fully saturated rings. The van der Waals surface area contributed by atoms with Crippen LogP contribution in [0.4, 0.5) is 0 Å². The molecule has 2 aromatic carbocycles. The van der Waals surface area contributed by atoms with E-state index in [9.17, 15) is 4.79 Å². The van der Waals surface area contributed by atoms with E-state index in [0.29, 0.717) is 0 Å². The van der Waals surface area contributed by atoms with Gasteiger partial charge in [-0.2, -0.15) is 5.10 Å². The van der Waals surface area contributed by atoms with Gasteiger partial charge in [-0.15, -0.1) is 0 Å². The van der Waals surface area contributed by atoms with Crippen molar-refractivity contribution >= 4 is 10.8 Å². The maximum atomic E-state index is 13.6.